The van der Waals surface area contributed by atoms with Crippen molar-refractivity contribution in [2.24, 2.45) is 5.92 Å². The third-order valence-corrected chi connectivity index (χ3v) is 5.95. The summed E-state index contributed by atoms with van der Waals surface area (Å²) >= 11 is 0. The Morgan fingerprint density at radius 2 is 1.58 bits per heavy atom. The van der Waals surface area contributed by atoms with Crippen LogP contribution in [0.25, 0.3) is 0 Å². The fraction of sp³-hybridized carbons (Fsp3) is 0.368. The third-order valence-electron chi connectivity index (χ3n) is 4.52. The van der Waals surface area contributed by atoms with Gasteiger partial charge in [0.25, 0.3) is 0 Å². The molecular weight excluding hydrogens is 354 g/mol. The summed E-state index contributed by atoms with van der Waals surface area (Å²) in [5.74, 6) is 1.91. The molecule has 2 aromatic carbocycles. The molecule has 0 unspecified atom stereocenters. The monoisotopic (exact) mass is 377 g/mol. The lowest BCUT2D eigenvalue weighted by Gasteiger charge is -2.19. The zero-order chi connectivity index (χ0) is 18.7. The van der Waals surface area contributed by atoms with Crippen LogP contribution in [-0.2, 0) is 10.0 Å². The van der Waals surface area contributed by atoms with E-state index in [1.165, 1.54) is 26.4 Å². The molecule has 6 nitrogen and oxygen atoms in total. The van der Waals surface area contributed by atoms with E-state index in [2.05, 4.69) is 4.72 Å². The molecule has 0 aliphatic heterocycles. The van der Waals surface area contributed by atoms with Gasteiger partial charge in [0.2, 0.25) is 10.0 Å². The second-order valence-electron chi connectivity index (χ2n) is 6.23. The van der Waals surface area contributed by atoms with E-state index in [4.69, 9.17) is 14.2 Å². The fourth-order valence-corrected chi connectivity index (χ4v) is 4.20. The maximum atomic E-state index is 12.9. The van der Waals surface area contributed by atoms with Gasteiger partial charge < -0.3 is 14.2 Å². The molecule has 1 aliphatic carbocycles. The number of nitrogens with one attached hydrogen (secondary N) is 1. The number of ether oxygens (including phenoxy) is 3. The van der Waals surface area contributed by atoms with E-state index >= 15 is 0 Å². The van der Waals surface area contributed by atoms with Gasteiger partial charge in [-0.1, -0.05) is 12.1 Å². The second-order valence-corrected chi connectivity index (χ2v) is 7.94. The highest BCUT2D eigenvalue weighted by Crippen LogP contribution is 2.42. The Labute approximate surface area is 154 Å². The van der Waals surface area contributed by atoms with Crippen molar-refractivity contribution in [3.63, 3.8) is 0 Å². The van der Waals surface area contributed by atoms with Gasteiger partial charge >= 0.3 is 0 Å². The molecule has 0 spiro atoms. The molecule has 1 aliphatic rings. The SMILES string of the molecule is COc1ccc([C@H](NS(=O)(=O)c2ccc(OC)c(OC)c2)C2CC2)cc1. The molecule has 0 amide bonds. The topological polar surface area (TPSA) is 73.9 Å². The van der Waals surface area contributed by atoms with Gasteiger partial charge in [-0.05, 0) is 48.6 Å². The molecule has 0 saturated heterocycles. The number of hydrogen-bond acceptors (Lipinski definition) is 5. The smallest absolute Gasteiger partial charge is 0.241 e. The average Bonchev–Trinajstić information content (AvgIpc) is 3.50. The molecule has 3 rings (SSSR count). The predicted octanol–water partition coefficient (Wildman–Crippen LogP) is 3.14. The Morgan fingerprint density at radius 3 is 2.12 bits per heavy atom. The molecule has 1 saturated carbocycles. The summed E-state index contributed by atoms with van der Waals surface area (Å²) in [5.41, 5.74) is 0.928. The highest BCUT2D eigenvalue weighted by atomic mass is 32.2. The molecule has 140 valence electrons. The van der Waals surface area contributed by atoms with Gasteiger partial charge in [-0.25, -0.2) is 13.1 Å². The van der Waals surface area contributed by atoms with E-state index in [9.17, 15) is 8.42 Å². The minimum atomic E-state index is -3.70. The van der Waals surface area contributed by atoms with E-state index in [-0.39, 0.29) is 10.9 Å². The van der Waals surface area contributed by atoms with Crippen LogP contribution in [-0.4, -0.2) is 29.7 Å². The van der Waals surface area contributed by atoms with Crippen molar-refractivity contribution in [3.05, 3.63) is 48.0 Å². The van der Waals surface area contributed by atoms with E-state index < -0.39 is 10.0 Å². The summed E-state index contributed by atoms with van der Waals surface area (Å²) in [7, 11) is 0.891. The largest absolute Gasteiger partial charge is 0.497 e. The highest BCUT2D eigenvalue weighted by molar-refractivity contribution is 7.89. The number of hydrogen-bond donors (Lipinski definition) is 1. The number of sulfonamides is 1. The highest BCUT2D eigenvalue weighted by Gasteiger charge is 2.35. The van der Waals surface area contributed by atoms with Crippen LogP contribution in [0.3, 0.4) is 0 Å². The minimum absolute atomic E-state index is 0.148. The lowest BCUT2D eigenvalue weighted by atomic mass is 10.0. The maximum Gasteiger partial charge on any atom is 0.241 e. The van der Waals surface area contributed by atoms with Gasteiger partial charge in [0, 0.05) is 12.1 Å². The van der Waals surface area contributed by atoms with Gasteiger partial charge in [0.05, 0.1) is 26.2 Å². The van der Waals surface area contributed by atoms with Gasteiger partial charge in [0.15, 0.2) is 11.5 Å². The van der Waals surface area contributed by atoms with Crippen molar-refractivity contribution in [1.82, 2.24) is 4.72 Å². The van der Waals surface area contributed by atoms with Gasteiger partial charge in [-0.15, -0.1) is 0 Å². The summed E-state index contributed by atoms with van der Waals surface area (Å²) < 4.78 is 44.2. The van der Waals surface area contributed by atoms with Crippen LogP contribution in [0.2, 0.25) is 0 Å². The number of rotatable bonds is 8. The third kappa shape index (κ3) is 3.94. The Kier molecular flexibility index (Phi) is 5.38. The zero-order valence-electron chi connectivity index (χ0n) is 15.1. The van der Waals surface area contributed by atoms with E-state index in [1.807, 2.05) is 24.3 Å². The average molecular weight is 377 g/mol. The second kappa shape index (κ2) is 7.55. The fourth-order valence-electron chi connectivity index (χ4n) is 2.90. The first kappa shape index (κ1) is 18.5. The standard InChI is InChI=1S/C19H23NO5S/c1-23-15-8-6-14(7-9-15)19(13-4-5-13)20-26(21,22)16-10-11-17(24-2)18(12-16)25-3/h6-13,19-20H,4-5H2,1-3H3/t19-/m1/s1. The quantitative estimate of drug-likeness (QED) is 0.765. The number of benzene rings is 2. The lowest BCUT2D eigenvalue weighted by Crippen LogP contribution is -2.30. The van der Waals surface area contributed by atoms with Crippen molar-refractivity contribution >= 4 is 10.0 Å². The van der Waals surface area contributed by atoms with Crippen molar-refractivity contribution in [1.29, 1.82) is 0 Å². The van der Waals surface area contributed by atoms with E-state index in [0.29, 0.717) is 17.4 Å². The first-order valence-electron chi connectivity index (χ1n) is 8.37. The van der Waals surface area contributed by atoms with E-state index in [1.54, 1.807) is 13.2 Å². The Balaban J connectivity index is 1.88. The normalized spacial score (nSPS) is 15.3. The first-order valence-corrected chi connectivity index (χ1v) is 9.85. The van der Waals surface area contributed by atoms with Crippen LogP contribution >= 0.6 is 0 Å². The molecule has 0 radical (unpaired) electrons. The van der Waals surface area contributed by atoms with E-state index in [0.717, 1.165) is 24.2 Å². The minimum Gasteiger partial charge on any atom is -0.497 e. The molecule has 26 heavy (non-hydrogen) atoms. The Morgan fingerprint density at radius 1 is 0.923 bits per heavy atom. The van der Waals surface area contributed by atoms with Gasteiger partial charge in [-0.3, -0.25) is 0 Å². The van der Waals surface area contributed by atoms with Gasteiger partial charge in [-0.2, -0.15) is 0 Å². The Bertz CT molecular complexity index is 860. The van der Waals surface area contributed by atoms with Crippen LogP contribution in [0.15, 0.2) is 47.4 Å². The van der Waals surface area contributed by atoms with Crippen molar-refractivity contribution in [2.75, 3.05) is 21.3 Å². The van der Waals surface area contributed by atoms with Crippen LogP contribution < -0.4 is 18.9 Å². The molecule has 1 atom stereocenters. The van der Waals surface area contributed by atoms with Crippen LogP contribution in [0.4, 0.5) is 0 Å². The molecule has 0 heterocycles. The number of methoxy groups -OCH3 is 3. The van der Waals surface area contributed by atoms with Crippen LogP contribution in [0.1, 0.15) is 24.4 Å². The molecule has 7 heteroatoms. The molecule has 1 fully saturated rings. The summed E-state index contributed by atoms with van der Waals surface area (Å²) in [6, 6.07) is 11.8. The Hall–Kier alpha value is -2.25. The van der Waals surface area contributed by atoms with Crippen molar-refractivity contribution in [3.8, 4) is 17.2 Å². The summed E-state index contributed by atoms with van der Waals surface area (Å²) in [6.45, 7) is 0. The molecular formula is C19H23NO5S. The van der Waals surface area contributed by atoms with Gasteiger partial charge in [0.1, 0.15) is 5.75 Å². The molecule has 1 N–H and O–H groups in total. The van der Waals surface area contributed by atoms with Crippen LogP contribution in [0, 0.1) is 5.92 Å². The van der Waals surface area contributed by atoms with Crippen molar-refractivity contribution < 1.29 is 22.6 Å². The maximum absolute atomic E-state index is 12.9. The zero-order valence-corrected chi connectivity index (χ0v) is 15.9. The summed E-state index contributed by atoms with van der Waals surface area (Å²) in [6.07, 6.45) is 2.01. The molecule has 0 aromatic heterocycles. The molecule has 2 aromatic rings. The molecule has 0 bridgehead atoms. The van der Waals surface area contributed by atoms with Crippen LogP contribution in [0.5, 0.6) is 17.2 Å². The van der Waals surface area contributed by atoms with Crippen molar-refractivity contribution in [2.45, 2.75) is 23.8 Å². The predicted molar refractivity (Wildman–Crippen MR) is 98.3 cm³/mol. The lowest BCUT2D eigenvalue weighted by molar-refractivity contribution is 0.354. The summed E-state index contributed by atoms with van der Waals surface area (Å²) in [5, 5.41) is 0. The first-order chi connectivity index (χ1) is 12.5. The summed E-state index contributed by atoms with van der Waals surface area (Å²) in [4.78, 5) is 0.148.